The summed E-state index contributed by atoms with van der Waals surface area (Å²) < 4.78 is 10.5. The molecule has 0 spiro atoms. The Hall–Kier alpha value is -1.66. The molecule has 0 aliphatic carbocycles. The molecule has 120 valence electrons. The second kappa shape index (κ2) is 8.10. The fourth-order valence-corrected chi connectivity index (χ4v) is 2.52. The number of thiocarbonyl (C=S) groups is 1. The largest absolute Gasteiger partial charge is 0.462 e. The van der Waals surface area contributed by atoms with Crippen LogP contribution < -0.4 is 10.6 Å². The van der Waals surface area contributed by atoms with Gasteiger partial charge in [0.05, 0.1) is 18.3 Å². The van der Waals surface area contributed by atoms with E-state index >= 15 is 0 Å². The fraction of sp³-hybridized carbons (Fsp3) is 0.500. The number of hydrogen-bond donors (Lipinski definition) is 2. The third-order valence-electron chi connectivity index (χ3n) is 3.50. The van der Waals surface area contributed by atoms with Crippen molar-refractivity contribution in [1.29, 1.82) is 0 Å². The summed E-state index contributed by atoms with van der Waals surface area (Å²) in [5, 5.41) is 6.86. The molecule has 0 bridgehead atoms. The van der Waals surface area contributed by atoms with Crippen LogP contribution >= 0.6 is 12.2 Å². The lowest BCUT2D eigenvalue weighted by atomic mass is 10.1. The van der Waals surface area contributed by atoms with E-state index in [4.69, 9.17) is 21.7 Å². The van der Waals surface area contributed by atoms with Crippen molar-refractivity contribution < 1.29 is 14.3 Å². The summed E-state index contributed by atoms with van der Waals surface area (Å²) in [4.78, 5) is 11.7. The molecule has 1 heterocycles. The van der Waals surface area contributed by atoms with Gasteiger partial charge in [-0.25, -0.2) is 4.79 Å². The Morgan fingerprint density at radius 3 is 2.95 bits per heavy atom. The van der Waals surface area contributed by atoms with Crippen LogP contribution in [0.1, 0.15) is 35.7 Å². The van der Waals surface area contributed by atoms with Gasteiger partial charge >= 0.3 is 5.97 Å². The van der Waals surface area contributed by atoms with E-state index in [9.17, 15) is 4.79 Å². The molecule has 0 unspecified atom stereocenters. The maximum atomic E-state index is 11.7. The summed E-state index contributed by atoms with van der Waals surface area (Å²) in [6.45, 7) is 5.63. The zero-order valence-corrected chi connectivity index (χ0v) is 13.8. The highest BCUT2D eigenvalue weighted by Crippen LogP contribution is 2.17. The monoisotopic (exact) mass is 322 g/mol. The third kappa shape index (κ3) is 4.68. The van der Waals surface area contributed by atoms with Crippen molar-refractivity contribution in [3.05, 3.63) is 29.3 Å². The molecule has 2 N–H and O–H groups in total. The smallest absolute Gasteiger partial charge is 0.338 e. The van der Waals surface area contributed by atoms with Gasteiger partial charge < -0.3 is 20.1 Å². The first-order chi connectivity index (χ1) is 10.6. The van der Waals surface area contributed by atoms with Crippen LogP contribution in [0.15, 0.2) is 18.2 Å². The quantitative estimate of drug-likeness (QED) is 0.642. The maximum absolute atomic E-state index is 11.7. The van der Waals surface area contributed by atoms with E-state index in [-0.39, 0.29) is 12.1 Å². The minimum atomic E-state index is -0.309. The van der Waals surface area contributed by atoms with Gasteiger partial charge in [-0.1, -0.05) is 0 Å². The van der Waals surface area contributed by atoms with Crippen LogP contribution in [0.4, 0.5) is 5.69 Å². The summed E-state index contributed by atoms with van der Waals surface area (Å²) in [5.74, 6) is -0.309. The molecule has 6 heteroatoms. The van der Waals surface area contributed by atoms with Gasteiger partial charge in [-0.15, -0.1) is 0 Å². The maximum Gasteiger partial charge on any atom is 0.338 e. The molecule has 2 rings (SSSR count). The van der Waals surface area contributed by atoms with Gasteiger partial charge in [-0.05, 0) is 62.7 Å². The lowest BCUT2D eigenvalue weighted by molar-refractivity contribution is 0.0526. The number of esters is 1. The zero-order chi connectivity index (χ0) is 15.9. The van der Waals surface area contributed by atoms with Gasteiger partial charge in [0.25, 0.3) is 0 Å². The van der Waals surface area contributed by atoms with Gasteiger partial charge in [0.2, 0.25) is 0 Å². The van der Waals surface area contributed by atoms with Gasteiger partial charge in [-0.2, -0.15) is 0 Å². The predicted molar refractivity (Wildman–Crippen MR) is 90.3 cm³/mol. The molecular formula is C16H22N2O3S. The van der Waals surface area contributed by atoms with Crippen molar-refractivity contribution in [3.63, 3.8) is 0 Å². The normalized spacial score (nSPS) is 17.1. The Bertz CT molecular complexity index is 542. The van der Waals surface area contributed by atoms with Gasteiger partial charge in [-0.3, -0.25) is 0 Å². The molecule has 0 aromatic heterocycles. The van der Waals surface area contributed by atoms with Crippen LogP contribution in [0, 0.1) is 6.92 Å². The van der Waals surface area contributed by atoms with E-state index in [1.807, 2.05) is 13.0 Å². The second-order valence-corrected chi connectivity index (χ2v) is 5.63. The minimum absolute atomic E-state index is 0.243. The average Bonchev–Trinajstić information content (AvgIpc) is 3.01. The van der Waals surface area contributed by atoms with Crippen molar-refractivity contribution in [2.75, 3.05) is 25.1 Å². The van der Waals surface area contributed by atoms with Crippen LogP contribution in [-0.2, 0) is 9.47 Å². The van der Waals surface area contributed by atoms with Crippen LogP contribution in [-0.4, -0.2) is 36.9 Å². The molecule has 0 amide bonds. The van der Waals surface area contributed by atoms with Crippen molar-refractivity contribution >= 4 is 29.0 Å². The van der Waals surface area contributed by atoms with Crippen molar-refractivity contribution in [2.45, 2.75) is 32.8 Å². The molecule has 0 saturated carbocycles. The number of ether oxygens (including phenoxy) is 2. The highest BCUT2D eigenvalue weighted by atomic mass is 32.1. The second-order valence-electron chi connectivity index (χ2n) is 5.22. The van der Waals surface area contributed by atoms with Gasteiger partial charge in [0.1, 0.15) is 0 Å². The minimum Gasteiger partial charge on any atom is -0.462 e. The Morgan fingerprint density at radius 1 is 1.50 bits per heavy atom. The number of nitrogens with one attached hydrogen (secondary N) is 2. The van der Waals surface area contributed by atoms with E-state index in [0.717, 1.165) is 30.7 Å². The predicted octanol–water partition coefficient (Wildman–Crippen LogP) is 2.64. The molecule has 1 fully saturated rings. The molecule has 1 aliphatic rings. The Labute approximate surface area is 136 Å². The molecule has 1 aliphatic heterocycles. The van der Waals surface area contributed by atoms with Crippen molar-refractivity contribution in [2.24, 2.45) is 0 Å². The number of carbonyl (C=O) groups excluding carboxylic acids is 1. The zero-order valence-electron chi connectivity index (χ0n) is 13.0. The standard InChI is InChI=1S/C16H22N2O3S/c1-3-20-15(19)12-6-7-14(11(2)9-12)18-16(22)17-10-13-5-4-8-21-13/h6-7,9,13H,3-5,8,10H2,1-2H3,(H2,17,18,22)/t13-/m0/s1. The Morgan fingerprint density at radius 2 is 2.32 bits per heavy atom. The molecular weight excluding hydrogens is 300 g/mol. The first kappa shape index (κ1) is 16.7. The topological polar surface area (TPSA) is 59.6 Å². The van der Waals surface area contributed by atoms with E-state index in [1.165, 1.54) is 0 Å². The van der Waals surface area contributed by atoms with Crippen molar-refractivity contribution in [1.82, 2.24) is 5.32 Å². The molecule has 22 heavy (non-hydrogen) atoms. The molecule has 1 aromatic carbocycles. The molecule has 0 radical (unpaired) electrons. The lowest BCUT2D eigenvalue weighted by Crippen LogP contribution is -2.35. The summed E-state index contributed by atoms with van der Waals surface area (Å²) >= 11 is 5.29. The fourth-order valence-electron chi connectivity index (χ4n) is 2.32. The van der Waals surface area contributed by atoms with Crippen LogP contribution in [0.3, 0.4) is 0 Å². The summed E-state index contributed by atoms with van der Waals surface area (Å²) in [7, 11) is 0. The highest BCUT2D eigenvalue weighted by molar-refractivity contribution is 7.80. The van der Waals surface area contributed by atoms with E-state index in [0.29, 0.717) is 23.8 Å². The third-order valence-corrected chi connectivity index (χ3v) is 3.75. The first-order valence-electron chi connectivity index (χ1n) is 7.54. The molecule has 5 nitrogen and oxygen atoms in total. The SMILES string of the molecule is CCOC(=O)c1ccc(NC(=S)NC[C@@H]2CCCO2)c(C)c1. The summed E-state index contributed by atoms with van der Waals surface area (Å²) in [6.07, 6.45) is 2.43. The Balaban J connectivity index is 1.88. The highest BCUT2D eigenvalue weighted by Gasteiger charge is 2.15. The molecule has 1 atom stereocenters. The molecule has 1 saturated heterocycles. The summed E-state index contributed by atoms with van der Waals surface area (Å²) in [5.41, 5.74) is 2.35. The number of benzene rings is 1. The number of hydrogen-bond acceptors (Lipinski definition) is 4. The van der Waals surface area contributed by atoms with Crippen LogP contribution in [0.25, 0.3) is 0 Å². The summed E-state index contributed by atoms with van der Waals surface area (Å²) in [6, 6.07) is 5.36. The Kier molecular flexibility index (Phi) is 6.15. The van der Waals surface area contributed by atoms with E-state index in [2.05, 4.69) is 10.6 Å². The van der Waals surface area contributed by atoms with E-state index in [1.54, 1.807) is 19.1 Å². The number of aryl methyl sites for hydroxylation is 1. The number of rotatable bonds is 5. The van der Waals surface area contributed by atoms with Crippen molar-refractivity contribution in [3.8, 4) is 0 Å². The lowest BCUT2D eigenvalue weighted by Gasteiger charge is -2.15. The van der Waals surface area contributed by atoms with Crippen LogP contribution in [0.2, 0.25) is 0 Å². The number of carbonyl (C=O) groups is 1. The number of anilines is 1. The van der Waals surface area contributed by atoms with Crippen LogP contribution in [0.5, 0.6) is 0 Å². The van der Waals surface area contributed by atoms with Gasteiger partial charge in [0.15, 0.2) is 5.11 Å². The first-order valence-corrected chi connectivity index (χ1v) is 7.95. The molecule has 1 aromatic rings. The van der Waals surface area contributed by atoms with E-state index < -0.39 is 0 Å². The average molecular weight is 322 g/mol. The van der Waals surface area contributed by atoms with Gasteiger partial charge in [0, 0.05) is 18.8 Å².